The first-order chi connectivity index (χ1) is 20.0. The van der Waals surface area contributed by atoms with Crippen LogP contribution in [0.5, 0.6) is 0 Å². The molecule has 3 heterocycles. The molecule has 9 nitrogen and oxygen atoms in total. The number of aliphatic carboxylic acids is 1. The molecule has 0 aliphatic carbocycles. The molecule has 2 aliphatic heterocycles. The van der Waals surface area contributed by atoms with Gasteiger partial charge in [0.05, 0.1) is 22.4 Å². The number of rotatable bonds is 5. The highest BCUT2D eigenvalue weighted by atomic mass is 16.4. The topological polar surface area (TPSA) is 127 Å². The zero-order valence-electron chi connectivity index (χ0n) is 21.7. The van der Waals surface area contributed by atoms with E-state index in [1.54, 1.807) is 36.4 Å². The van der Waals surface area contributed by atoms with E-state index >= 15 is 0 Å². The number of para-hydroxylation sites is 2. The summed E-state index contributed by atoms with van der Waals surface area (Å²) in [5.41, 5.74) is 2.55. The quantitative estimate of drug-likeness (QED) is 0.272. The highest BCUT2D eigenvalue weighted by molar-refractivity contribution is 6.52. The first-order valence-corrected chi connectivity index (χ1v) is 12.9. The number of aryl methyl sites for hydroxylation is 1. The van der Waals surface area contributed by atoms with Crippen LogP contribution in [0.4, 0.5) is 17.1 Å². The number of hydrogen-bond donors (Lipinski definition) is 1. The maximum absolute atomic E-state index is 13.0. The van der Waals surface area contributed by atoms with Gasteiger partial charge in [-0.15, -0.1) is 0 Å². The lowest BCUT2D eigenvalue weighted by atomic mass is 9.96. The standard InChI is InChI=1S/C32H22N4O5/c33-19-26-23(14-7-15-24-29(31(38)39)34-36(30(24)37)22-12-5-2-6-13-22)32(40)41-28-18-27-20(17-25(26)28)9-8-16-35(27)21-10-3-1-4-11-21/h1-7,10-15,17-18H,8-9,16H2,(H,38,39)/b14-7+,24-15-. The lowest BCUT2D eigenvalue weighted by Gasteiger charge is -2.31. The number of hydrazone groups is 1. The molecule has 2 aliphatic rings. The minimum atomic E-state index is -1.37. The van der Waals surface area contributed by atoms with E-state index in [9.17, 15) is 24.8 Å². The Morgan fingerprint density at radius 2 is 1.73 bits per heavy atom. The largest absolute Gasteiger partial charge is 0.476 e. The van der Waals surface area contributed by atoms with Crippen LogP contribution >= 0.6 is 0 Å². The molecule has 0 saturated carbocycles. The van der Waals surface area contributed by atoms with Crippen molar-refractivity contribution in [3.8, 4) is 6.07 Å². The summed E-state index contributed by atoms with van der Waals surface area (Å²) >= 11 is 0. The molecule has 1 amide bonds. The molecule has 0 spiro atoms. The van der Waals surface area contributed by atoms with Gasteiger partial charge in [-0.05, 0) is 60.9 Å². The van der Waals surface area contributed by atoms with Crippen molar-refractivity contribution >= 4 is 51.7 Å². The number of carboxylic acid groups (broad SMARTS) is 1. The van der Waals surface area contributed by atoms with Crippen LogP contribution in [-0.4, -0.2) is 29.2 Å². The summed E-state index contributed by atoms with van der Waals surface area (Å²) in [6.45, 7) is 0.815. The van der Waals surface area contributed by atoms with Gasteiger partial charge in [0.25, 0.3) is 5.91 Å². The van der Waals surface area contributed by atoms with Crippen molar-refractivity contribution in [1.29, 1.82) is 5.26 Å². The molecule has 0 saturated heterocycles. The van der Waals surface area contributed by atoms with Crippen LogP contribution in [0.15, 0.2) is 105 Å². The van der Waals surface area contributed by atoms with Crippen molar-refractivity contribution < 1.29 is 19.1 Å². The van der Waals surface area contributed by atoms with Gasteiger partial charge < -0.3 is 14.4 Å². The average molecular weight is 543 g/mol. The van der Waals surface area contributed by atoms with Gasteiger partial charge in [-0.25, -0.2) is 9.59 Å². The van der Waals surface area contributed by atoms with E-state index in [2.05, 4.69) is 16.1 Å². The fourth-order valence-electron chi connectivity index (χ4n) is 5.15. The molecule has 41 heavy (non-hydrogen) atoms. The first-order valence-electron chi connectivity index (χ1n) is 12.9. The molecular weight excluding hydrogens is 520 g/mol. The van der Waals surface area contributed by atoms with E-state index < -0.39 is 23.2 Å². The van der Waals surface area contributed by atoms with Crippen LogP contribution in [0.2, 0.25) is 0 Å². The predicted molar refractivity (Wildman–Crippen MR) is 155 cm³/mol. The van der Waals surface area contributed by atoms with Gasteiger partial charge in [-0.1, -0.05) is 42.5 Å². The lowest BCUT2D eigenvalue weighted by molar-refractivity contribution is -0.129. The van der Waals surface area contributed by atoms with Crippen LogP contribution in [0.3, 0.4) is 0 Å². The Kier molecular flexibility index (Phi) is 6.49. The third kappa shape index (κ3) is 4.57. The van der Waals surface area contributed by atoms with Crippen molar-refractivity contribution in [1.82, 2.24) is 0 Å². The van der Waals surface area contributed by atoms with Gasteiger partial charge >= 0.3 is 11.6 Å². The number of allylic oxidation sites excluding steroid dienone is 2. The molecule has 0 bridgehead atoms. The summed E-state index contributed by atoms with van der Waals surface area (Å²) in [4.78, 5) is 40.0. The number of hydrogen-bond acceptors (Lipinski definition) is 7. The van der Waals surface area contributed by atoms with Crippen molar-refractivity contribution in [3.05, 3.63) is 118 Å². The minimum Gasteiger partial charge on any atom is -0.476 e. The Bertz CT molecular complexity index is 1900. The number of carboxylic acids is 1. The summed E-state index contributed by atoms with van der Waals surface area (Å²) in [7, 11) is 0. The number of amides is 1. The number of nitrogens with zero attached hydrogens (tertiary/aromatic N) is 4. The van der Waals surface area contributed by atoms with E-state index in [0.29, 0.717) is 16.7 Å². The molecule has 1 N–H and O–H groups in total. The second kappa shape index (κ2) is 10.4. The summed E-state index contributed by atoms with van der Waals surface area (Å²) < 4.78 is 5.67. The number of carbonyl (C=O) groups excluding carboxylic acids is 1. The molecule has 4 aromatic rings. The van der Waals surface area contributed by atoms with E-state index in [-0.39, 0.29) is 16.7 Å². The number of fused-ring (bicyclic) bond motifs is 2. The van der Waals surface area contributed by atoms with Gasteiger partial charge in [0.1, 0.15) is 11.7 Å². The predicted octanol–water partition coefficient (Wildman–Crippen LogP) is 5.18. The average Bonchev–Trinajstić information content (AvgIpc) is 3.33. The van der Waals surface area contributed by atoms with Crippen LogP contribution in [0, 0.1) is 11.3 Å². The van der Waals surface area contributed by atoms with Gasteiger partial charge in [0.2, 0.25) is 0 Å². The maximum Gasteiger partial charge on any atom is 0.357 e. The zero-order valence-corrected chi connectivity index (χ0v) is 21.7. The Labute approximate surface area is 234 Å². The normalized spacial score (nSPS) is 15.8. The molecular formula is C32H22N4O5. The molecule has 0 radical (unpaired) electrons. The number of carbonyl (C=O) groups is 2. The van der Waals surface area contributed by atoms with Gasteiger partial charge in [0, 0.05) is 29.4 Å². The second-order valence-corrected chi connectivity index (χ2v) is 9.50. The van der Waals surface area contributed by atoms with E-state index in [0.717, 1.165) is 41.3 Å². The summed E-state index contributed by atoms with van der Waals surface area (Å²) in [5.74, 6) is -1.99. The smallest absolute Gasteiger partial charge is 0.357 e. The fourth-order valence-corrected chi connectivity index (χ4v) is 5.15. The van der Waals surface area contributed by atoms with Crippen LogP contribution < -0.4 is 15.5 Å². The summed E-state index contributed by atoms with van der Waals surface area (Å²) in [6.07, 6.45) is 5.72. The third-order valence-electron chi connectivity index (χ3n) is 7.05. The molecule has 9 heteroatoms. The van der Waals surface area contributed by atoms with E-state index in [4.69, 9.17) is 4.42 Å². The summed E-state index contributed by atoms with van der Waals surface area (Å²) in [5, 5.41) is 25.2. The molecule has 0 unspecified atom stereocenters. The zero-order chi connectivity index (χ0) is 28.5. The van der Waals surface area contributed by atoms with Crippen molar-refractivity contribution in [3.63, 3.8) is 0 Å². The Morgan fingerprint density at radius 3 is 2.41 bits per heavy atom. The third-order valence-corrected chi connectivity index (χ3v) is 7.05. The number of anilines is 3. The molecule has 6 rings (SSSR count). The number of benzene rings is 3. The SMILES string of the molecule is N#Cc1c(/C=C/C=C2\C(=O)N(c3ccccc3)N=C2C(=O)O)c(=O)oc2cc3c(cc12)CCCN3c1ccccc1. The van der Waals surface area contributed by atoms with Crippen LogP contribution in [0.25, 0.3) is 17.0 Å². The molecule has 3 aromatic carbocycles. The van der Waals surface area contributed by atoms with Crippen molar-refractivity contribution in [2.45, 2.75) is 12.8 Å². The van der Waals surface area contributed by atoms with E-state index in [1.165, 1.54) is 18.2 Å². The van der Waals surface area contributed by atoms with E-state index in [1.807, 2.05) is 36.4 Å². The van der Waals surface area contributed by atoms with Crippen LogP contribution in [0.1, 0.15) is 23.1 Å². The van der Waals surface area contributed by atoms with Crippen molar-refractivity contribution in [2.75, 3.05) is 16.5 Å². The van der Waals surface area contributed by atoms with Crippen molar-refractivity contribution in [2.24, 2.45) is 5.10 Å². The van der Waals surface area contributed by atoms with Crippen LogP contribution in [-0.2, 0) is 16.0 Å². The monoisotopic (exact) mass is 542 g/mol. The summed E-state index contributed by atoms with van der Waals surface area (Å²) in [6, 6.07) is 24.2. The van der Waals surface area contributed by atoms with Gasteiger partial charge in [-0.2, -0.15) is 15.4 Å². The second-order valence-electron chi connectivity index (χ2n) is 9.50. The highest BCUT2D eigenvalue weighted by Gasteiger charge is 2.34. The van der Waals surface area contributed by atoms with Gasteiger partial charge in [0.15, 0.2) is 5.71 Å². The Balaban J connectivity index is 1.39. The molecule has 0 fully saturated rings. The Hall–Kier alpha value is -5.75. The fraction of sp³-hybridized carbons (Fsp3) is 0.0938. The lowest BCUT2D eigenvalue weighted by Crippen LogP contribution is -2.24. The molecule has 0 atom stereocenters. The highest BCUT2D eigenvalue weighted by Crippen LogP contribution is 2.37. The first kappa shape index (κ1) is 25.5. The molecule has 1 aromatic heterocycles. The van der Waals surface area contributed by atoms with Gasteiger partial charge in [-0.3, -0.25) is 4.79 Å². The molecule has 200 valence electrons. The number of nitriles is 1. The Morgan fingerprint density at radius 1 is 1.02 bits per heavy atom. The maximum atomic E-state index is 13.0. The minimum absolute atomic E-state index is 0.00620.